The molecule has 0 aliphatic carbocycles. The summed E-state index contributed by atoms with van der Waals surface area (Å²) in [5, 5.41) is 2.47. The lowest BCUT2D eigenvalue weighted by atomic mass is 9.84. The molecule has 0 unspecified atom stereocenters. The normalized spacial score (nSPS) is 27.2. The van der Waals surface area contributed by atoms with Gasteiger partial charge in [0.05, 0.1) is 0 Å². The van der Waals surface area contributed by atoms with Gasteiger partial charge in [-0.1, -0.05) is 0 Å². The molecule has 3 atom stereocenters. The van der Waals surface area contributed by atoms with Crippen LogP contribution in [0.3, 0.4) is 0 Å². The summed E-state index contributed by atoms with van der Waals surface area (Å²) in [6, 6.07) is -0.503. The molecule has 1 rings (SSSR count). The molecule has 0 aromatic carbocycles. The molecule has 0 radical (unpaired) electrons. The Hall–Kier alpha value is -1.39. The largest absolute Gasteiger partial charge is 0.462 e. The number of ketones is 1. The molecule has 1 N–H and O–H groups in total. The SMILES string of the molecule is CC(=O)O[C@@H](C)[C@@H]1C(=O)N[C@@H]1C(C)=O. The Balaban J connectivity index is 2.61. The smallest absolute Gasteiger partial charge is 0.302 e. The fourth-order valence-corrected chi connectivity index (χ4v) is 1.57. The molecule has 78 valence electrons. The van der Waals surface area contributed by atoms with Crippen LogP contribution in [-0.2, 0) is 19.1 Å². The van der Waals surface area contributed by atoms with E-state index in [1.807, 2.05) is 0 Å². The molecule has 1 aliphatic heterocycles. The minimum absolute atomic E-state index is 0.117. The molecule has 1 amide bonds. The topological polar surface area (TPSA) is 72.5 Å². The highest BCUT2D eigenvalue weighted by molar-refractivity contribution is 5.99. The number of amides is 1. The number of hydrogen-bond donors (Lipinski definition) is 1. The number of carbonyl (C=O) groups is 3. The van der Waals surface area contributed by atoms with Gasteiger partial charge in [0.1, 0.15) is 18.1 Å². The van der Waals surface area contributed by atoms with E-state index >= 15 is 0 Å². The number of nitrogens with one attached hydrogen (secondary N) is 1. The van der Waals surface area contributed by atoms with Crippen molar-refractivity contribution in [2.75, 3.05) is 0 Å². The van der Waals surface area contributed by atoms with Gasteiger partial charge in [0.25, 0.3) is 0 Å². The van der Waals surface area contributed by atoms with E-state index in [2.05, 4.69) is 5.32 Å². The van der Waals surface area contributed by atoms with Crippen LogP contribution < -0.4 is 5.32 Å². The maximum absolute atomic E-state index is 11.1. The lowest BCUT2D eigenvalue weighted by molar-refractivity contribution is -0.159. The quantitative estimate of drug-likeness (QED) is 0.497. The number of β-lactam (4-membered cyclic amide) rings is 1. The molecule has 5 nitrogen and oxygen atoms in total. The summed E-state index contributed by atoms with van der Waals surface area (Å²) >= 11 is 0. The molecule has 1 fully saturated rings. The van der Waals surface area contributed by atoms with Crippen LogP contribution in [0, 0.1) is 5.92 Å². The number of rotatable bonds is 3. The number of hydrogen-bond acceptors (Lipinski definition) is 4. The third kappa shape index (κ3) is 1.92. The van der Waals surface area contributed by atoms with E-state index in [1.54, 1.807) is 6.92 Å². The average Bonchev–Trinajstić information content (AvgIpc) is 1.97. The van der Waals surface area contributed by atoms with Crippen molar-refractivity contribution in [3.05, 3.63) is 0 Å². The number of carbonyl (C=O) groups excluding carboxylic acids is 3. The number of esters is 1. The van der Waals surface area contributed by atoms with Crippen molar-refractivity contribution in [3.8, 4) is 0 Å². The van der Waals surface area contributed by atoms with Crippen LogP contribution in [0.4, 0.5) is 0 Å². The first kappa shape index (κ1) is 10.7. The zero-order valence-corrected chi connectivity index (χ0v) is 8.37. The van der Waals surface area contributed by atoms with Crippen LogP contribution in [-0.4, -0.2) is 29.8 Å². The molecule has 1 heterocycles. The van der Waals surface area contributed by atoms with Crippen molar-refractivity contribution >= 4 is 17.7 Å². The third-order valence-electron chi connectivity index (χ3n) is 2.26. The predicted molar refractivity (Wildman–Crippen MR) is 47.3 cm³/mol. The first-order valence-corrected chi connectivity index (χ1v) is 4.41. The van der Waals surface area contributed by atoms with Gasteiger partial charge in [0, 0.05) is 6.92 Å². The molecule has 1 aliphatic rings. The van der Waals surface area contributed by atoms with E-state index in [1.165, 1.54) is 13.8 Å². The standard InChI is InChI=1S/C9H13NO4/c1-4(11)8-7(9(13)10-8)5(2)14-6(3)12/h5,7-8H,1-3H3,(H,10,13)/t5-,7-,8+/m0/s1. The van der Waals surface area contributed by atoms with Crippen LogP contribution in [0.5, 0.6) is 0 Å². The molecule has 1 saturated heterocycles. The van der Waals surface area contributed by atoms with E-state index in [-0.39, 0.29) is 11.7 Å². The van der Waals surface area contributed by atoms with Crippen LogP contribution >= 0.6 is 0 Å². The van der Waals surface area contributed by atoms with Gasteiger partial charge in [0.2, 0.25) is 5.91 Å². The van der Waals surface area contributed by atoms with E-state index in [4.69, 9.17) is 4.74 Å². The minimum Gasteiger partial charge on any atom is -0.462 e. The van der Waals surface area contributed by atoms with Crippen molar-refractivity contribution in [3.63, 3.8) is 0 Å². The maximum Gasteiger partial charge on any atom is 0.302 e. The second-order valence-corrected chi connectivity index (χ2v) is 3.44. The molecular formula is C9H13NO4. The highest BCUT2D eigenvalue weighted by Crippen LogP contribution is 2.22. The van der Waals surface area contributed by atoms with Crippen LogP contribution in [0.1, 0.15) is 20.8 Å². The summed E-state index contributed by atoms with van der Waals surface area (Å²) in [7, 11) is 0. The molecule has 0 aromatic heterocycles. The van der Waals surface area contributed by atoms with Gasteiger partial charge in [-0.3, -0.25) is 14.4 Å². The molecule has 5 heteroatoms. The summed E-state index contributed by atoms with van der Waals surface area (Å²) in [6.45, 7) is 4.29. The Morgan fingerprint density at radius 1 is 1.43 bits per heavy atom. The van der Waals surface area contributed by atoms with Gasteiger partial charge in [-0.15, -0.1) is 0 Å². The summed E-state index contributed by atoms with van der Waals surface area (Å²) in [4.78, 5) is 32.8. The summed E-state index contributed by atoms with van der Waals surface area (Å²) < 4.78 is 4.85. The van der Waals surface area contributed by atoms with Crippen molar-refractivity contribution < 1.29 is 19.1 Å². The van der Waals surface area contributed by atoms with Gasteiger partial charge in [-0.05, 0) is 13.8 Å². The lowest BCUT2D eigenvalue weighted by Crippen LogP contribution is -2.65. The molecule has 0 bridgehead atoms. The molecule has 14 heavy (non-hydrogen) atoms. The maximum atomic E-state index is 11.1. The first-order valence-electron chi connectivity index (χ1n) is 4.41. The fourth-order valence-electron chi connectivity index (χ4n) is 1.57. The van der Waals surface area contributed by atoms with Crippen LogP contribution in [0.2, 0.25) is 0 Å². The zero-order chi connectivity index (χ0) is 10.9. The fraction of sp³-hybridized carbons (Fsp3) is 0.667. The van der Waals surface area contributed by atoms with Crippen molar-refractivity contribution in [2.24, 2.45) is 5.92 Å². The van der Waals surface area contributed by atoms with Gasteiger partial charge in [0.15, 0.2) is 5.78 Å². The van der Waals surface area contributed by atoms with Gasteiger partial charge >= 0.3 is 5.97 Å². The Morgan fingerprint density at radius 2 is 2.00 bits per heavy atom. The predicted octanol–water partition coefficient (Wildman–Crippen LogP) is -0.358. The van der Waals surface area contributed by atoms with Crippen LogP contribution in [0.25, 0.3) is 0 Å². The molecule has 0 spiro atoms. The Kier molecular flexibility index (Phi) is 2.88. The molecule has 0 aromatic rings. The Labute approximate surface area is 81.8 Å². The summed E-state index contributed by atoms with van der Waals surface area (Å²) in [5.74, 6) is -1.33. The second-order valence-electron chi connectivity index (χ2n) is 3.44. The Morgan fingerprint density at radius 3 is 2.36 bits per heavy atom. The van der Waals surface area contributed by atoms with E-state index in [0.29, 0.717) is 0 Å². The summed E-state index contributed by atoms with van der Waals surface area (Å²) in [6.07, 6.45) is -0.546. The van der Waals surface area contributed by atoms with E-state index < -0.39 is 24.0 Å². The Bertz CT molecular complexity index is 287. The highest BCUT2D eigenvalue weighted by atomic mass is 16.5. The lowest BCUT2D eigenvalue weighted by Gasteiger charge is -2.37. The van der Waals surface area contributed by atoms with Crippen LogP contribution in [0.15, 0.2) is 0 Å². The monoisotopic (exact) mass is 199 g/mol. The minimum atomic E-state index is -0.546. The molecular weight excluding hydrogens is 186 g/mol. The van der Waals surface area contributed by atoms with Crippen molar-refractivity contribution in [1.82, 2.24) is 5.32 Å². The molecule has 0 saturated carbocycles. The van der Waals surface area contributed by atoms with E-state index in [0.717, 1.165) is 0 Å². The van der Waals surface area contributed by atoms with Gasteiger partial charge < -0.3 is 10.1 Å². The third-order valence-corrected chi connectivity index (χ3v) is 2.26. The average molecular weight is 199 g/mol. The first-order chi connectivity index (χ1) is 6.43. The van der Waals surface area contributed by atoms with Crippen molar-refractivity contribution in [1.29, 1.82) is 0 Å². The van der Waals surface area contributed by atoms with E-state index in [9.17, 15) is 14.4 Å². The van der Waals surface area contributed by atoms with Gasteiger partial charge in [-0.25, -0.2) is 0 Å². The highest BCUT2D eigenvalue weighted by Gasteiger charge is 2.46. The number of Topliss-reactive ketones (excluding diaryl/α,β-unsaturated/α-hetero) is 1. The zero-order valence-electron chi connectivity index (χ0n) is 8.37. The second kappa shape index (κ2) is 3.77. The summed E-state index contributed by atoms with van der Waals surface area (Å²) in [5.41, 5.74) is 0. The number of ether oxygens (including phenoxy) is 1. The van der Waals surface area contributed by atoms with Gasteiger partial charge in [-0.2, -0.15) is 0 Å². The van der Waals surface area contributed by atoms with Crippen molar-refractivity contribution in [2.45, 2.75) is 32.9 Å².